The number of nitrogens with one attached hydrogen (secondary N) is 1. The van der Waals surface area contributed by atoms with Crippen LogP contribution in [0.2, 0.25) is 0 Å². The monoisotopic (exact) mass is 404 g/mol. The maximum Gasteiger partial charge on any atom is 0.120 e. The Hall–Kier alpha value is -2.88. The highest BCUT2D eigenvalue weighted by molar-refractivity contribution is 5.95. The second-order valence-corrected chi connectivity index (χ2v) is 9.49. The van der Waals surface area contributed by atoms with Crippen molar-refractivity contribution in [3.05, 3.63) is 53.6 Å². The van der Waals surface area contributed by atoms with Gasteiger partial charge in [0.05, 0.1) is 29.1 Å². The van der Waals surface area contributed by atoms with Crippen LogP contribution in [0.3, 0.4) is 0 Å². The Labute approximate surface area is 179 Å². The lowest BCUT2D eigenvalue weighted by Gasteiger charge is -2.45. The van der Waals surface area contributed by atoms with E-state index >= 15 is 0 Å². The van der Waals surface area contributed by atoms with Crippen LogP contribution in [0, 0.1) is 0 Å². The number of benzene rings is 2. The average molecular weight is 405 g/mol. The Balaban J connectivity index is 1.97. The Morgan fingerprint density at radius 1 is 0.933 bits per heavy atom. The first-order valence-corrected chi connectivity index (χ1v) is 10.6. The highest BCUT2D eigenvalue weighted by Gasteiger charge is 2.36. The summed E-state index contributed by atoms with van der Waals surface area (Å²) in [5.74, 6) is 1.15. The first-order valence-electron chi connectivity index (χ1n) is 10.6. The third-order valence-electron chi connectivity index (χ3n) is 5.88. The standard InChI is InChI=1S/C26H32N2O2/c1-8-30-19-9-10-22-20(13-19)17(3)15-26(6,7)28(22)23-12-18(29)11-21-16(2)14-25(4,5)27-24(21)23/h9-15,27,29H,8H2,1-7H3. The van der Waals surface area contributed by atoms with Crippen molar-refractivity contribution in [1.29, 1.82) is 0 Å². The molecule has 0 unspecified atom stereocenters. The number of phenols is 1. The minimum absolute atomic E-state index is 0.170. The fraction of sp³-hybridized carbons (Fsp3) is 0.385. The van der Waals surface area contributed by atoms with E-state index in [1.54, 1.807) is 0 Å². The van der Waals surface area contributed by atoms with Gasteiger partial charge in [0.25, 0.3) is 0 Å². The quantitative estimate of drug-likeness (QED) is 0.557. The maximum absolute atomic E-state index is 10.6. The molecule has 2 N–H and O–H groups in total. The maximum atomic E-state index is 10.6. The van der Waals surface area contributed by atoms with E-state index in [0.29, 0.717) is 6.61 Å². The molecule has 2 aliphatic heterocycles. The van der Waals surface area contributed by atoms with Crippen molar-refractivity contribution in [2.24, 2.45) is 0 Å². The third kappa shape index (κ3) is 3.34. The second kappa shape index (κ2) is 6.83. The lowest BCUT2D eigenvalue weighted by Crippen LogP contribution is -2.43. The summed E-state index contributed by atoms with van der Waals surface area (Å²) in [4.78, 5) is 2.32. The number of anilines is 3. The van der Waals surface area contributed by atoms with Gasteiger partial charge in [0, 0.05) is 22.9 Å². The minimum Gasteiger partial charge on any atom is -0.508 e. The summed E-state index contributed by atoms with van der Waals surface area (Å²) in [6.07, 6.45) is 4.50. The zero-order valence-corrected chi connectivity index (χ0v) is 19.1. The molecule has 0 spiro atoms. The van der Waals surface area contributed by atoms with E-state index < -0.39 is 0 Å². The fourth-order valence-corrected chi connectivity index (χ4v) is 4.91. The van der Waals surface area contributed by atoms with Crippen LogP contribution in [0.1, 0.15) is 59.6 Å². The molecule has 4 rings (SSSR count). The molecule has 0 radical (unpaired) electrons. The molecular weight excluding hydrogens is 372 g/mol. The SMILES string of the molecule is CCOc1ccc2c(c1)C(C)=CC(C)(C)N2c1cc(O)cc2c1NC(C)(C)C=C2C. The van der Waals surface area contributed by atoms with Crippen molar-refractivity contribution >= 4 is 28.2 Å². The van der Waals surface area contributed by atoms with Crippen LogP contribution in [0.4, 0.5) is 17.1 Å². The summed E-state index contributed by atoms with van der Waals surface area (Å²) in [5, 5.41) is 14.3. The molecule has 4 heteroatoms. The van der Waals surface area contributed by atoms with Gasteiger partial charge in [0.1, 0.15) is 11.5 Å². The highest BCUT2D eigenvalue weighted by Crippen LogP contribution is 2.51. The molecule has 0 aromatic heterocycles. The summed E-state index contributed by atoms with van der Waals surface area (Å²) in [5.41, 5.74) is 7.29. The molecule has 0 amide bonds. The van der Waals surface area contributed by atoms with Gasteiger partial charge >= 0.3 is 0 Å². The molecule has 0 fully saturated rings. The van der Waals surface area contributed by atoms with Gasteiger partial charge in [-0.25, -0.2) is 0 Å². The van der Waals surface area contributed by atoms with Crippen molar-refractivity contribution in [3.8, 4) is 11.5 Å². The molecule has 0 saturated heterocycles. The van der Waals surface area contributed by atoms with E-state index in [1.807, 2.05) is 25.1 Å². The number of aromatic hydroxyl groups is 1. The first kappa shape index (κ1) is 20.4. The van der Waals surface area contributed by atoms with Crippen molar-refractivity contribution in [2.45, 2.75) is 59.5 Å². The van der Waals surface area contributed by atoms with E-state index in [-0.39, 0.29) is 16.8 Å². The van der Waals surface area contributed by atoms with Crippen LogP contribution in [-0.2, 0) is 0 Å². The van der Waals surface area contributed by atoms with Gasteiger partial charge < -0.3 is 20.1 Å². The molecule has 0 bridgehead atoms. The van der Waals surface area contributed by atoms with Crippen LogP contribution in [0.5, 0.6) is 11.5 Å². The molecule has 0 aliphatic carbocycles. The predicted octanol–water partition coefficient (Wildman–Crippen LogP) is 6.73. The number of hydrogen-bond acceptors (Lipinski definition) is 4. The van der Waals surface area contributed by atoms with Crippen molar-refractivity contribution in [3.63, 3.8) is 0 Å². The van der Waals surface area contributed by atoms with Crippen molar-refractivity contribution in [2.75, 3.05) is 16.8 Å². The van der Waals surface area contributed by atoms with E-state index in [0.717, 1.165) is 33.9 Å². The fourth-order valence-electron chi connectivity index (χ4n) is 4.91. The Kier molecular flexibility index (Phi) is 4.64. The van der Waals surface area contributed by atoms with Crippen LogP contribution in [0.25, 0.3) is 11.1 Å². The molecule has 158 valence electrons. The molecule has 2 heterocycles. The molecule has 2 aromatic rings. The summed E-state index contributed by atoms with van der Waals surface area (Å²) >= 11 is 0. The van der Waals surface area contributed by atoms with Gasteiger partial charge in [0.15, 0.2) is 0 Å². The van der Waals surface area contributed by atoms with E-state index in [4.69, 9.17) is 4.74 Å². The number of allylic oxidation sites excluding steroid dienone is 2. The zero-order valence-electron chi connectivity index (χ0n) is 19.1. The van der Waals surface area contributed by atoms with Gasteiger partial charge in [-0.3, -0.25) is 0 Å². The van der Waals surface area contributed by atoms with Gasteiger partial charge in [0.2, 0.25) is 0 Å². The number of fused-ring (bicyclic) bond motifs is 2. The lowest BCUT2D eigenvalue weighted by molar-refractivity contribution is 0.340. The number of hydrogen-bond donors (Lipinski definition) is 2. The summed E-state index contributed by atoms with van der Waals surface area (Å²) in [6, 6.07) is 10.00. The highest BCUT2D eigenvalue weighted by atomic mass is 16.5. The van der Waals surface area contributed by atoms with Gasteiger partial charge in [-0.15, -0.1) is 0 Å². The Morgan fingerprint density at radius 3 is 2.33 bits per heavy atom. The van der Waals surface area contributed by atoms with Gasteiger partial charge in [-0.05, 0) is 83.9 Å². The molecule has 0 saturated carbocycles. The minimum atomic E-state index is -0.271. The predicted molar refractivity (Wildman–Crippen MR) is 127 cm³/mol. The van der Waals surface area contributed by atoms with Gasteiger partial charge in [-0.2, -0.15) is 0 Å². The van der Waals surface area contributed by atoms with E-state index in [2.05, 4.69) is 76.0 Å². The Bertz CT molecular complexity index is 1080. The van der Waals surface area contributed by atoms with Crippen LogP contribution < -0.4 is 15.0 Å². The topological polar surface area (TPSA) is 44.7 Å². The lowest BCUT2D eigenvalue weighted by atomic mass is 9.86. The van der Waals surface area contributed by atoms with Crippen LogP contribution in [0.15, 0.2) is 42.5 Å². The molecule has 4 nitrogen and oxygen atoms in total. The molecular formula is C26H32N2O2. The number of nitrogens with zero attached hydrogens (tertiary/aromatic N) is 1. The van der Waals surface area contributed by atoms with Crippen molar-refractivity contribution in [1.82, 2.24) is 0 Å². The molecule has 30 heavy (non-hydrogen) atoms. The normalized spacial score (nSPS) is 18.6. The molecule has 0 atom stereocenters. The number of rotatable bonds is 3. The molecule has 2 aromatic carbocycles. The van der Waals surface area contributed by atoms with Crippen LogP contribution >= 0.6 is 0 Å². The van der Waals surface area contributed by atoms with E-state index in [1.165, 1.54) is 11.1 Å². The number of phenolic OH excluding ortho intramolecular Hbond substituents is 1. The second-order valence-electron chi connectivity index (χ2n) is 9.49. The summed E-state index contributed by atoms with van der Waals surface area (Å²) < 4.78 is 5.76. The van der Waals surface area contributed by atoms with Crippen LogP contribution in [-0.4, -0.2) is 22.8 Å². The summed E-state index contributed by atoms with van der Waals surface area (Å²) in [6.45, 7) is 15.7. The number of ether oxygens (including phenoxy) is 1. The Morgan fingerprint density at radius 2 is 1.63 bits per heavy atom. The first-order chi connectivity index (χ1) is 14.0. The van der Waals surface area contributed by atoms with Crippen molar-refractivity contribution < 1.29 is 9.84 Å². The van der Waals surface area contributed by atoms with Gasteiger partial charge in [-0.1, -0.05) is 12.2 Å². The smallest absolute Gasteiger partial charge is 0.120 e. The largest absolute Gasteiger partial charge is 0.508 e. The zero-order chi connectivity index (χ0) is 21.8. The summed E-state index contributed by atoms with van der Waals surface area (Å²) in [7, 11) is 0. The average Bonchev–Trinajstić information content (AvgIpc) is 2.62. The molecule has 2 aliphatic rings. The third-order valence-corrected chi connectivity index (χ3v) is 5.88. The van der Waals surface area contributed by atoms with E-state index in [9.17, 15) is 5.11 Å².